The van der Waals surface area contributed by atoms with Gasteiger partial charge in [-0.2, -0.15) is 0 Å². The molecule has 1 aliphatic heterocycles. The van der Waals surface area contributed by atoms with E-state index < -0.39 is 0 Å². The Morgan fingerprint density at radius 3 is 2.79 bits per heavy atom. The van der Waals surface area contributed by atoms with Gasteiger partial charge in [0.05, 0.1) is 0 Å². The summed E-state index contributed by atoms with van der Waals surface area (Å²) in [6.07, 6.45) is 3.00. The van der Waals surface area contributed by atoms with Crippen LogP contribution >= 0.6 is 23.1 Å². The maximum Gasteiger partial charge on any atom is 0.251 e. The van der Waals surface area contributed by atoms with Crippen molar-refractivity contribution >= 4 is 34.9 Å². The maximum atomic E-state index is 12.4. The Bertz CT molecular complexity index is 987. The fraction of sp³-hybridized carbons (Fsp3) is 0.227. The third kappa shape index (κ3) is 5.05. The molecule has 0 unspecified atom stereocenters. The van der Waals surface area contributed by atoms with Crippen molar-refractivity contribution in [1.82, 2.24) is 15.2 Å². The lowest BCUT2D eigenvalue weighted by Crippen LogP contribution is -2.37. The summed E-state index contributed by atoms with van der Waals surface area (Å²) < 4.78 is 0. The molecule has 3 heterocycles. The molecular formula is C22H21N3O2S2. The van der Waals surface area contributed by atoms with E-state index in [2.05, 4.69) is 21.7 Å². The molecule has 1 aromatic carbocycles. The van der Waals surface area contributed by atoms with Crippen LogP contribution in [-0.4, -0.2) is 34.8 Å². The summed E-state index contributed by atoms with van der Waals surface area (Å²) in [7, 11) is 0. The summed E-state index contributed by atoms with van der Waals surface area (Å²) in [5.41, 5.74) is 1.84. The van der Waals surface area contributed by atoms with E-state index in [1.807, 2.05) is 35.2 Å². The zero-order valence-corrected chi connectivity index (χ0v) is 17.5. The Morgan fingerprint density at radius 1 is 1.14 bits per heavy atom. The Morgan fingerprint density at radius 2 is 2.00 bits per heavy atom. The van der Waals surface area contributed by atoms with Gasteiger partial charge in [0.1, 0.15) is 5.03 Å². The van der Waals surface area contributed by atoms with Crippen molar-refractivity contribution in [2.24, 2.45) is 0 Å². The van der Waals surface area contributed by atoms with Crippen LogP contribution in [0.4, 0.5) is 0 Å². The molecule has 1 aliphatic rings. The molecular weight excluding hydrogens is 402 g/mol. The number of rotatable bonds is 6. The van der Waals surface area contributed by atoms with Gasteiger partial charge in [0, 0.05) is 47.6 Å². The van der Waals surface area contributed by atoms with E-state index in [1.165, 1.54) is 10.4 Å². The topological polar surface area (TPSA) is 62.3 Å². The largest absolute Gasteiger partial charge is 0.352 e. The monoisotopic (exact) mass is 423 g/mol. The fourth-order valence-corrected chi connectivity index (χ4v) is 4.87. The first kappa shape index (κ1) is 19.7. The van der Waals surface area contributed by atoms with E-state index in [1.54, 1.807) is 41.4 Å². The zero-order chi connectivity index (χ0) is 20.1. The second kappa shape index (κ2) is 9.24. The van der Waals surface area contributed by atoms with Crippen molar-refractivity contribution in [3.8, 4) is 0 Å². The highest BCUT2D eigenvalue weighted by Crippen LogP contribution is 2.26. The third-order valence-corrected chi connectivity index (χ3v) is 6.74. The quantitative estimate of drug-likeness (QED) is 0.651. The van der Waals surface area contributed by atoms with Gasteiger partial charge in [0.25, 0.3) is 5.91 Å². The van der Waals surface area contributed by atoms with Crippen LogP contribution in [0.2, 0.25) is 0 Å². The molecule has 0 saturated heterocycles. The average Bonchev–Trinajstić information content (AvgIpc) is 3.23. The summed E-state index contributed by atoms with van der Waals surface area (Å²) in [6.45, 7) is 1.78. The van der Waals surface area contributed by atoms with Crippen molar-refractivity contribution < 1.29 is 9.59 Å². The lowest BCUT2D eigenvalue weighted by Gasteiger charge is -2.27. The van der Waals surface area contributed by atoms with Gasteiger partial charge in [-0.05, 0) is 59.8 Å². The smallest absolute Gasteiger partial charge is 0.251 e. The molecule has 1 N–H and O–H groups in total. The van der Waals surface area contributed by atoms with Gasteiger partial charge in [-0.1, -0.05) is 17.8 Å². The maximum absolute atomic E-state index is 12.4. The summed E-state index contributed by atoms with van der Waals surface area (Å²) >= 11 is 3.31. The summed E-state index contributed by atoms with van der Waals surface area (Å²) in [6, 6.07) is 15.3. The number of amides is 2. The highest BCUT2D eigenvalue weighted by atomic mass is 32.2. The van der Waals surface area contributed by atoms with Crippen LogP contribution in [0.5, 0.6) is 0 Å². The van der Waals surface area contributed by atoms with E-state index >= 15 is 0 Å². The number of fused-ring (bicyclic) bond motifs is 1. The molecule has 0 radical (unpaired) electrons. The van der Waals surface area contributed by atoms with Crippen LogP contribution in [0.15, 0.2) is 70.0 Å². The number of nitrogens with zero attached hydrogens (tertiary/aromatic N) is 2. The lowest BCUT2D eigenvalue weighted by atomic mass is 10.1. The number of benzene rings is 1. The van der Waals surface area contributed by atoms with E-state index in [0.29, 0.717) is 25.1 Å². The number of hydrogen-bond acceptors (Lipinski definition) is 5. The minimum absolute atomic E-state index is 0.0873. The Labute approximate surface area is 178 Å². The van der Waals surface area contributed by atoms with E-state index in [0.717, 1.165) is 22.9 Å². The van der Waals surface area contributed by atoms with Crippen LogP contribution in [0, 0.1) is 0 Å². The molecule has 0 spiro atoms. The summed E-state index contributed by atoms with van der Waals surface area (Å²) in [4.78, 5) is 33.4. The lowest BCUT2D eigenvalue weighted by molar-refractivity contribution is -0.131. The molecule has 0 atom stereocenters. The molecule has 2 aromatic heterocycles. The van der Waals surface area contributed by atoms with Crippen molar-refractivity contribution in [3.63, 3.8) is 0 Å². The zero-order valence-electron chi connectivity index (χ0n) is 15.8. The molecule has 0 saturated carbocycles. The van der Waals surface area contributed by atoms with Crippen molar-refractivity contribution in [1.29, 1.82) is 0 Å². The minimum atomic E-state index is -0.161. The summed E-state index contributed by atoms with van der Waals surface area (Å²) in [5, 5.41) is 5.84. The number of carbonyl (C=O) groups is 2. The van der Waals surface area contributed by atoms with Crippen molar-refractivity contribution in [2.45, 2.75) is 29.3 Å². The van der Waals surface area contributed by atoms with Gasteiger partial charge in [-0.3, -0.25) is 9.59 Å². The molecule has 2 amide bonds. The van der Waals surface area contributed by atoms with Gasteiger partial charge in [0.15, 0.2) is 0 Å². The number of thiophene rings is 1. The van der Waals surface area contributed by atoms with Crippen LogP contribution in [0.1, 0.15) is 27.2 Å². The highest BCUT2D eigenvalue weighted by Gasteiger charge is 2.21. The van der Waals surface area contributed by atoms with Crippen LogP contribution in [-0.2, 0) is 17.8 Å². The molecule has 0 aliphatic carbocycles. The number of aromatic nitrogens is 1. The van der Waals surface area contributed by atoms with Crippen LogP contribution in [0.25, 0.3) is 0 Å². The number of pyridine rings is 1. The average molecular weight is 424 g/mol. The minimum Gasteiger partial charge on any atom is -0.352 e. The first-order valence-electron chi connectivity index (χ1n) is 9.49. The molecule has 3 aromatic rings. The molecule has 4 rings (SSSR count). The van der Waals surface area contributed by atoms with E-state index in [4.69, 9.17) is 0 Å². The van der Waals surface area contributed by atoms with Gasteiger partial charge < -0.3 is 10.2 Å². The summed E-state index contributed by atoms with van der Waals surface area (Å²) in [5.74, 6) is -0.0739. The Kier molecular flexibility index (Phi) is 6.27. The van der Waals surface area contributed by atoms with E-state index in [-0.39, 0.29) is 11.8 Å². The second-order valence-corrected chi connectivity index (χ2v) is 8.83. The third-order valence-electron chi connectivity index (χ3n) is 4.76. The molecule has 5 nitrogen and oxygen atoms in total. The molecule has 29 heavy (non-hydrogen) atoms. The normalized spacial score (nSPS) is 13.0. The highest BCUT2D eigenvalue weighted by molar-refractivity contribution is 7.99. The molecule has 0 fully saturated rings. The van der Waals surface area contributed by atoms with Crippen LogP contribution in [0.3, 0.4) is 0 Å². The number of hydrogen-bond donors (Lipinski definition) is 1. The molecule has 0 bridgehead atoms. The molecule has 148 valence electrons. The van der Waals surface area contributed by atoms with Crippen molar-refractivity contribution in [3.05, 3.63) is 76.1 Å². The standard InChI is InChI=1S/C22H21N3O2S2/c26-21(25-13-9-19-17(15-25)10-14-28-19)8-12-24-22(27)16-4-6-18(7-5-16)29-20-3-1-2-11-23-20/h1-7,10-11,14H,8-9,12-13,15H2,(H,24,27). The first-order valence-corrected chi connectivity index (χ1v) is 11.2. The molecule has 7 heteroatoms. The Hall–Kier alpha value is -2.64. The van der Waals surface area contributed by atoms with Gasteiger partial charge in [-0.15, -0.1) is 11.3 Å². The van der Waals surface area contributed by atoms with E-state index in [9.17, 15) is 9.59 Å². The fourth-order valence-electron chi connectivity index (χ4n) is 3.21. The van der Waals surface area contributed by atoms with Crippen molar-refractivity contribution in [2.75, 3.05) is 13.1 Å². The predicted octanol–water partition coefficient (Wildman–Crippen LogP) is 4.00. The van der Waals surface area contributed by atoms with Gasteiger partial charge in [-0.25, -0.2) is 4.98 Å². The predicted molar refractivity (Wildman–Crippen MR) is 115 cm³/mol. The SMILES string of the molecule is O=C(NCCC(=O)N1CCc2sccc2C1)c1ccc(Sc2ccccn2)cc1. The number of carbonyl (C=O) groups excluding carboxylic acids is 2. The first-order chi connectivity index (χ1) is 14.2. The second-order valence-electron chi connectivity index (χ2n) is 6.73. The van der Waals surface area contributed by atoms with Gasteiger partial charge >= 0.3 is 0 Å². The van der Waals surface area contributed by atoms with Gasteiger partial charge in [0.2, 0.25) is 5.91 Å². The Balaban J connectivity index is 1.24. The number of nitrogens with one attached hydrogen (secondary N) is 1. The van der Waals surface area contributed by atoms with Crippen LogP contribution < -0.4 is 5.32 Å².